The molecule has 154 valence electrons. The van der Waals surface area contributed by atoms with E-state index in [-0.39, 0.29) is 54.6 Å². The third-order valence-corrected chi connectivity index (χ3v) is 10.2. The number of piperazine rings is 1. The smallest absolute Gasteiger partial charge is 0.226 e. The first-order valence-electron chi connectivity index (χ1n) is 9.41. The van der Waals surface area contributed by atoms with Gasteiger partial charge in [-0.3, -0.25) is 4.79 Å². The maximum absolute atomic E-state index is 13.0. The summed E-state index contributed by atoms with van der Waals surface area (Å²) in [6, 6.07) is 6.19. The van der Waals surface area contributed by atoms with E-state index in [2.05, 4.69) is 0 Å². The summed E-state index contributed by atoms with van der Waals surface area (Å²) in [5, 5.41) is -0.869. The topological polar surface area (TPSA) is 91.8 Å². The van der Waals surface area contributed by atoms with E-state index >= 15 is 0 Å². The molecular weight excluding hydrogens is 407 g/mol. The molecule has 2 heterocycles. The van der Waals surface area contributed by atoms with Crippen molar-refractivity contribution in [2.24, 2.45) is 5.92 Å². The predicted molar refractivity (Wildman–Crippen MR) is 101 cm³/mol. The van der Waals surface area contributed by atoms with Gasteiger partial charge in [-0.25, -0.2) is 21.2 Å². The molecule has 3 fully saturated rings. The highest BCUT2D eigenvalue weighted by atomic mass is 32.2. The number of carbonyl (C=O) groups excluding carboxylic acids is 1. The molecule has 1 aliphatic carbocycles. The van der Waals surface area contributed by atoms with Gasteiger partial charge in [0, 0.05) is 32.1 Å². The van der Waals surface area contributed by atoms with Crippen LogP contribution in [0.1, 0.15) is 24.3 Å². The monoisotopic (exact) mass is 430 g/mol. The molecule has 7 nitrogen and oxygen atoms in total. The number of sulfonamides is 1. The van der Waals surface area contributed by atoms with Crippen molar-refractivity contribution in [2.75, 3.05) is 37.7 Å². The van der Waals surface area contributed by atoms with Crippen LogP contribution in [0.5, 0.6) is 0 Å². The Morgan fingerprint density at radius 2 is 1.71 bits per heavy atom. The average Bonchev–Trinajstić information content (AvgIpc) is 3.37. The molecule has 4 rings (SSSR count). The van der Waals surface area contributed by atoms with E-state index in [1.54, 1.807) is 17.0 Å². The Kier molecular flexibility index (Phi) is 4.99. The van der Waals surface area contributed by atoms with Gasteiger partial charge in [-0.1, -0.05) is 12.1 Å². The molecule has 3 unspecified atom stereocenters. The first-order valence-corrected chi connectivity index (χ1v) is 12.7. The molecule has 1 amide bonds. The maximum Gasteiger partial charge on any atom is 0.226 e. The minimum absolute atomic E-state index is 0.00909. The molecule has 3 atom stereocenters. The van der Waals surface area contributed by atoms with Crippen molar-refractivity contribution in [3.8, 4) is 0 Å². The zero-order valence-corrected chi connectivity index (χ0v) is 17.0. The highest BCUT2D eigenvalue weighted by Crippen LogP contribution is 2.48. The Morgan fingerprint density at radius 3 is 2.29 bits per heavy atom. The van der Waals surface area contributed by atoms with Gasteiger partial charge in [0.2, 0.25) is 15.9 Å². The highest BCUT2D eigenvalue weighted by Gasteiger charge is 2.47. The van der Waals surface area contributed by atoms with Gasteiger partial charge in [-0.15, -0.1) is 0 Å². The fraction of sp³-hybridized carbons (Fsp3) is 0.611. The average molecular weight is 431 g/mol. The summed E-state index contributed by atoms with van der Waals surface area (Å²) in [6.45, 7) is 1.01. The molecule has 0 spiro atoms. The van der Waals surface area contributed by atoms with Gasteiger partial charge in [0.15, 0.2) is 9.84 Å². The molecular formula is C18H23FN2O5S2. The lowest BCUT2D eigenvalue weighted by Gasteiger charge is -2.35. The number of sulfone groups is 1. The second-order valence-electron chi connectivity index (χ2n) is 7.79. The van der Waals surface area contributed by atoms with Crippen molar-refractivity contribution in [2.45, 2.75) is 24.0 Å². The number of benzene rings is 1. The Balaban J connectivity index is 1.33. The summed E-state index contributed by atoms with van der Waals surface area (Å²) in [6.07, 6.45) is 0.869. The molecule has 0 aromatic heterocycles. The zero-order chi connectivity index (χ0) is 20.1. The molecule has 0 N–H and O–H groups in total. The second kappa shape index (κ2) is 7.07. The lowest BCUT2D eigenvalue weighted by atomic mass is 10.1. The van der Waals surface area contributed by atoms with E-state index in [9.17, 15) is 26.0 Å². The Morgan fingerprint density at radius 1 is 1.07 bits per heavy atom. The summed E-state index contributed by atoms with van der Waals surface area (Å²) < 4.78 is 63.0. The van der Waals surface area contributed by atoms with Crippen LogP contribution in [0.25, 0.3) is 0 Å². The van der Waals surface area contributed by atoms with E-state index < -0.39 is 25.1 Å². The van der Waals surface area contributed by atoms with Gasteiger partial charge in [-0.2, -0.15) is 4.31 Å². The van der Waals surface area contributed by atoms with Crippen molar-refractivity contribution in [3.05, 3.63) is 35.6 Å². The van der Waals surface area contributed by atoms with Crippen molar-refractivity contribution in [3.63, 3.8) is 0 Å². The Hall–Kier alpha value is -1.52. The molecule has 0 bridgehead atoms. The van der Waals surface area contributed by atoms with Gasteiger partial charge < -0.3 is 4.90 Å². The van der Waals surface area contributed by atoms with Crippen LogP contribution < -0.4 is 0 Å². The van der Waals surface area contributed by atoms with Crippen LogP contribution in [-0.4, -0.2) is 74.9 Å². The molecule has 2 aliphatic heterocycles. The van der Waals surface area contributed by atoms with Gasteiger partial charge in [-0.05, 0) is 36.5 Å². The molecule has 28 heavy (non-hydrogen) atoms. The fourth-order valence-corrected chi connectivity index (χ4v) is 8.66. The zero-order valence-electron chi connectivity index (χ0n) is 15.3. The van der Waals surface area contributed by atoms with E-state index in [4.69, 9.17) is 0 Å². The van der Waals surface area contributed by atoms with E-state index in [1.165, 1.54) is 16.4 Å². The van der Waals surface area contributed by atoms with Crippen molar-refractivity contribution < 1.29 is 26.0 Å². The lowest BCUT2D eigenvalue weighted by Crippen LogP contribution is -2.53. The first-order chi connectivity index (χ1) is 13.2. The number of hydrogen-bond acceptors (Lipinski definition) is 5. The minimum atomic E-state index is -3.66. The van der Waals surface area contributed by atoms with Crippen LogP contribution in [0.4, 0.5) is 4.39 Å². The Bertz CT molecular complexity index is 970. The van der Waals surface area contributed by atoms with Crippen LogP contribution in [0, 0.1) is 11.7 Å². The van der Waals surface area contributed by atoms with Crippen molar-refractivity contribution >= 4 is 25.8 Å². The van der Waals surface area contributed by atoms with Gasteiger partial charge >= 0.3 is 0 Å². The quantitative estimate of drug-likeness (QED) is 0.697. The third kappa shape index (κ3) is 3.81. The summed E-state index contributed by atoms with van der Waals surface area (Å²) >= 11 is 0. The first kappa shape index (κ1) is 19.8. The highest BCUT2D eigenvalue weighted by molar-refractivity contribution is 7.95. The number of nitrogens with zero attached hydrogens (tertiary/aromatic N) is 2. The van der Waals surface area contributed by atoms with E-state index in [0.29, 0.717) is 13.1 Å². The SMILES string of the molecule is O=C(C1CC1c1ccc(F)cc1)N1CCN(S(=O)(=O)C2CCS(=O)(=O)C2)CC1. The molecule has 1 aromatic carbocycles. The van der Waals surface area contributed by atoms with Gasteiger partial charge in [0.1, 0.15) is 5.82 Å². The number of hydrogen-bond donors (Lipinski definition) is 0. The second-order valence-corrected chi connectivity index (χ2v) is 12.2. The largest absolute Gasteiger partial charge is 0.340 e. The third-order valence-electron chi connectivity index (χ3n) is 5.93. The minimum Gasteiger partial charge on any atom is -0.340 e. The fourth-order valence-electron chi connectivity index (χ4n) is 4.15. The molecule has 10 heteroatoms. The van der Waals surface area contributed by atoms with Crippen LogP contribution in [0.2, 0.25) is 0 Å². The van der Waals surface area contributed by atoms with E-state index in [1.807, 2.05) is 0 Å². The predicted octanol–water partition coefficient (Wildman–Crippen LogP) is 0.590. The molecule has 0 radical (unpaired) electrons. The number of rotatable bonds is 4. The normalized spacial score (nSPS) is 30.3. The van der Waals surface area contributed by atoms with Crippen LogP contribution in [0.3, 0.4) is 0 Å². The van der Waals surface area contributed by atoms with Crippen molar-refractivity contribution in [1.82, 2.24) is 9.21 Å². The summed E-state index contributed by atoms with van der Waals surface area (Å²) in [5.41, 5.74) is 0.948. The maximum atomic E-state index is 13.0. The van der Waals surface area contributed by atoms with Crippen LogP contribution in [-0.2, 0) is 24.7 Å². The molecule has 1 aromatic rings. The number of halogens is 1. The van der Waals surface area contributed by atoms with Crippen LogP contribution in [0.15, 0.2) is 24.3 Å². The summed E-state index contributed by atoms with van der Waals surface area (Å²) in [7, 11) is -6.94. The van der Waals surface area contributed by atoms with Crippen LogP contribution >= 0.6 is 0 Å². The number of carbonyl (C=O) groups is 1. The Labute approximate surface area is 164 Å². The summed E-state index contributed by atoms with van der Waals surface area (Å²) in [5.74, 6) is -0.723. The van der Waals surface area contributed by atoms with Gasteiger partial charge in [0.05, 0.1) is 16.8 Å². The standard InChI is InChI=1S/C18H23FN2O5S2/c19-14-3-1-13(2-4-14)16-11-17(16)18(22)20-6-8-21(9-7-20)28(25,26)15-5-10-27(23,24)12-15/h1-4,15-17H,5-12H2. The number of amides is 1. The van der Waals surface area contributed by atoms with Gasteiger partial charge in [0.25, 0.3) is 0 Å². The van der Waals surface area contributed by atoms with Crippen molar-refractivity contribution in [1.29, 1.82) is 0 Å². The van der Waals surface area contributed by atoms with E-state index in [0.717, 1.165) is 12.0 Å². The molecule has 2 saturated heterocycles. The summed E-state index contributed by atoms with van der Waals surface area (Å²) in [4.78, 5) is 14.4. The lowest BCUT2D eigenvalue weighted by molar-refractivity contribution is -0.133. The molecule has 1 saturated carbocycles. The molecule has 3 aliphatic rings.